The molecular weight excluding hydrogens is 404 g/mol. The van der Waals surface area contributed by atoms with E-state index in [9.17, 15) is 19.2 Å². The van der Waals surface area contributed by atoms with Crippen LogP contribution in [-0.2, 0) is 38.1 Å². The molecule has 0 aliphatic carbocycles. The molecular formula is C17H26N4O9. The van der Waals surface area contributed by atoms with Crippen LogP contribution in [0.3, 0.4) is 0 Å². The lowest BCUT2D eigenvalue weighted by Gasteiger charge is -2.44. The lowest BCUT2D eigenvalue weighted by molar-refractivity contribution is -0.222. The molecule has 5 atom stereocenters. The number of carbonyl (C=O) groups excluding carboxylic acids is 4. The Balaban J connectivity index is 3.32. The van der Waals surface area contributed by atoms with Gasteiger partial charge in [-0.2, -0.15) is 0 Å². The largest absolute Gasteiger partial charge is 0.463 e. The van der Waals surface area contributed by atoms with Crippen LogP contribution in [0.2, 0.25) is 0 Å². The first-order valence-electron chi connectivity index (χ1n) is 9.01. The van der Waals surface area contributed by atoms with Gasteiger partial charge in [-0.25, -0.2) is 4.79 Å². The number of nitrogens with zero attached hydrogens (tertiary/aromatic N) is 3. The fourth-order valence-corrected chi connectivity index (χ4v) is 2.67. The van der Waals surface area contributed by atoms with Crippen LogP contribution >= 0.6 is 0 Å². The van der Waals surface area contributed by atoms with Gasteiger partial charge in [0.25, 0.3) is 0 Å². The summed E-state index contributed by atoms with van der Waals surface area (Å²) in [5, 5.41) is 5.91. The van der Waals surface area contributed by atoms with E-state index in [4.69, 9.17) is 29.2 Å². The zero-order chi connectivity index (χ0) is 23.1. The summed E-state index contributed by atoms with van der Waals surface area (Å²) in [6, 6.07) is -1.27. The van der Waals surface area contributed by atoms with Crippen LogP contribution < -0.4 is 5.32 Å². The summed E-state index contributed by atoms with van der Waals surface area (Å²) in [7, 11) is 0. The maximum atomic E-state index is 12.3. The molecule has 0 saturated carbocycles. The van der Waals surface area contributed by atoms with Gasteiger partial charge >= 0.3 is 24.0 Å². The minimum absolute atomic E-state index is 0.387. The quantitative estimate of drug-likeness (QED) is 0.214. The normalized spacial score (nSPS) is 25.9. The zero-order valence-corrected chi connectivity index (χ0v) is 17.6. The van der Waals surface area contributed by atoms with E-state index < -0.39 is 60.2 Å². The number of hydrogen-bond acceptors (Lipinski definition) is 10. The highest BCUT2D eigenvalue weighted by Gasteiger charge is 2.51. The molecule has 168 valence electrons. The van der Waals surface area contributed by atoms with Gasteiger partial charge in [0, 0.05) is 25.7 Å². The first-order valence-corrected chi connectivity index (χ1v) is 9.01. The number of esters is 3. The Morgan fingerprint density at radius 1 is 1.03 bits per heavy atom. The molecule has 1 aliphatic heterocycles. The van der Waals surface area contributed by atoms with E-state index in [0.29, 0.717) is 0 Å². The summed E-state index contributed by atoms with van der Waals surface area (Å²) in [5.74, 6) is -2.15. The second-order valence-electron chi connectivity index (χ2n) is 7.39. The van der Waals surface area contributed by atoms with Crippen molar-refractivity contribution in [2.45, 2.75) is 77.7 Å². The fourth-order valence-electron chi connectivity index (χ4n) is 2.67. The molecule has 30 heavy (non-hydrogen) atoms. The molecule has 1 heterocycles. The highest BCUT2D eigenvalue weighted by atomic mass is 16.6. The molecule has 0 unspecified atom stereocenters. The van der Waals surface area contributed by atoms with Crippen molar-refractivity contribution in [3.63, 3.8) is 0 Å². The van der Waals surface area contributed by atoms with Crippen molar-refractivity contribution in [3.8, 4) is 0 Å². The minimum Gasteiger partial charge on any atom is -0.463 e. The number of alkyl carbamates (subject to hydrolysis) is 1. The number of amides is 1. The maximum absolute atomic E-state index is 12.3. The topological polar surface area (TPSA) is 175 Å². The molecule has 13 heteroatoms. The maximum Gasteiger partial charge on any atom is 0.408 e. The molecule has 13 nitrogen and oxygen atoms in total. The Labute approximate surface area is 172 Å². The Morgan fingerprint density at radius 2 is 1.60 bits per heavy atom. The van der Waals surface area contributed by atoms with Crippen LogP contribution in [0.25, 0.3) is 10.4 Å². The van der Waals surface area contributed by atoms with Gasteiger partial charge in [0.15, 0.2) is 18.4 Å². The minimum atomic E-state index is -1.39. The van der Waals surface area contributed by atoms with E-state index >= 15 is 0 Å². The predicted molar refractivity (Wildman–Crippen MR) is 98.7 cm³/mol. The third-order valence-corrected chi connectivity index (χ3v) is 3.57. The van der Waals surface area contributed by atoms with E-state index in [1.165, 1.54) is 0 Å². The molecule has 0 bridgehead atoms. The van der Waals surface area contributed by atoms with E-state index in [1.54, 1.807) is 20.8 Å². The van der Waals surface area contributed by atoms with Crippen LogP contribution in [0.5, 0.6) is 0 Å². The van der Waals surface area contributed by atoms with Gasteiger partial charge < -0.3 is 29.0 Å². The molecule has 1 fully saturated rings. The average Bonchev–Trinajstić information content (AvgIpc) is 2.56. The van der Waals surface area contributed by atoms with Gasteiger partial charge in [0.1, 0.15) is 24.4 Å². The van der Waals surface area contributed by atoms with Gasteiger partial charge in [0.2, 0.25) is 0 Å². The summed E-state index contributed by atoms with van der Waals surface area (Å²) >= 11 is 0. The van der Waals surface area contributed by atoms with Gasteiger partial charge in [-0.15, -0.1) is 0 Å². The van der Waals surface area contributed by atoms with Crippen LogP contribution in [-0.4, -0.2) is 66.8 Å². The first kappa shape index (κ1) is 25.0. The number of hydrogen-bond donors (Lipinski definition) is 1. The van der Waals surface area contributed by atoms with Gasteiger partial charge in [-0.3, -0.25) is 14.4 Å². The van der Waals surface area contributed by atoms with Gasteiger partial charge in [-0.05, 0) is 26.3 Å². The molecule has 0 aromatic carbocycles. The Hall–Kier alpha value is -3.05. The summed E-state index contributed by atoms with van der Waals surface area (Å²) in [6.45, 7) is 7.89. The summed E-state index contributed by atoms with van der Waals surface area (Å²) in [5.41, 5.74) is 8.05. The Morgan fingerprint density at radius 3 is 2.07 bits per heavy atom. The molecule has 1 aliphatic rings. The third kappa shape index (κ3) is 8.13. The van der Waals surface area contributed by atoms with E-state index in [1.807, 2.05) is 0 Å². The van der Waals surface area contributed by atoms with Crippen molar-refractivity contribution in [2.75, 3.05) is 6.61 Å². The highest BCUT2D eigenvalue weighted by molar-refractivity contribution is 5.70. The zero-order valence-electron chi connectivity index (χ0n) is 17.6. The second-order valence-corrected chi connectivity index (χ2v) is 7.39. The molecule has 0 aromatic rings. The average molecular weight is 430 g/mol. The lowest BCUT2D eigenvalue weighted by atomic mass is 9.95. The molecule has 1 N–H and O–H groups in total. The third-order valence-electron chi connectivity index (χ3n) is 3.57. The highest BCUT2D eigenvalue weighted by Crippen LogP contribution is 2.28. The molecule has 1 rings (SSSR count). The van der Waals surface area contributed by atoms with Crippen LogP contribution in [0.4, 0.5) is 4.79 Å². The van der Waals surface area contributed by atoms with Crippen LogP contribution in [0.15, 0.2) is 5.11 Å². The Kier molecular flexibility index (Phi) is 8.87. The van der Waals surface area contributed by atoms with Gasteiger partial charge in [0.05, 0.1) is 0 Å². The molecule has 1 amide bonds. The number of carbonyl (C=O) groups is 4. The van der Waals surface area contributed by atoms with E-state index in [-0.39, 0.29) is 6.61 Å². The number of nitrogens with one attached hydrogen (secondary N) is 1. The van der Waals surface area contributed by atoms with Crippen LogP contribution in [0, 0.1) is 0 Å². The van der Waals surface area contributed by atoms with Crippen molar-refractivity contribution >= 4 is 24.0 Å². The van der Waals surface area contributed by atoms with E-state index in [0.717, 1.165) is 20.8 Å². The molecule has 0 aromatic heterocycles. The smallest absolute Gasteiger partial charge is 0.408 e. The Bertz CT molecular complexity index is 715. The molecule has 1 saturated heterocycles. The van der Waals surface area contributed by atoms with Crippen molar-refractivity contribution in [1.82, 2.24) is 5.32 Å². The van der Waals surface area contributed by atoms with Crippen molar-refractivity contribution in [1.29, 1.82) is 0 Å². The monoisotopic (exact) mass is 430 g/mol. The predicted octanol–water partition coefficient (Wildman–Crippen LogP) is 1.34. The standard InChI is InChI=1S/C17H26N4O9/c1-8(22)26-7-11-13(27-9(2)23)14(28-10(3)24)12(15(29-11)20-21-18)19-16(25)30-17(4,5)6/h11-15H,7H2,1-6H3,(H,19,25)/t11-,12-,13+,14-,15-/m1/s1. The summed E-state index contributed by atoms with van der Waals surface area (Å²) in [4.78, 5) is 49.5. The number of azide groups is 1. The lowest BCUT2D eigenvalue weighted by Crippen LogP contribution is -2.66. The number of rotatable bonds is 6. The SMILES string of the molecule is CC(=O)OC[C@H]1O[C@@H](N=[N+]=[N-])[C@H](NC(=O)OC(C)(C)C)[C@@H](OC(C)=O)[C@H]1OC(C)=O. The number of ether oxygens (including phenoxy) is 5. The summed E-state index contributed by atoms with van der Waals surface area (Å²) < 4.78 is 26.2. The second kappa shape index (κ2) is 10.6. The van der Waals surface area contributed by atoms with Gasteiger partial charge in [-0.1, -0.05) is 5.11 Å². The molecule has 0 spiro atoms. The molecule has 0 radical (unpaired) electrons. The summed E-state index contributed by atoms with van der Waals surface area (Å²) in [6.07, 6.45) is -6.06. The fraction of sp³-hybridized carbons (Fsp3) is 0.765. The van der Waals surface area contributed by atoms with Crippen molar-refractivity contribution < 1.29 is 42.9 Å². The first-order chi connectivity index (χ1) is 13.8. The van der Waals surface area contributed by atoms with Crippen LogP contribution in [0.1, 0.15) is 41.5 Å². The van der Waals surface area contributed by atoms with E-state index in [2.05, 4.69) is 15.3 Å². The van der Waals surface area contributed by atoms with Crippen molar-refractivity contribution in [2.24, 2.45) is 5.11 Å². The van der Waals surface area contributed by atoms with Crippen molar-refractivity contribution in [3.05, 3.63) is 10.4 Å².